The number of hydrogen-bond donors (Lipinski definition) is 2. The van der Waals surface area contributed by atoms with Gasteiger partial charge in [0.25, 0.3) is 11.8 Å². The molecule has 9 heteroatoms. The van der Waals surface area contributed by atoms with Gasteiger partial charge < -0.3 is 15.4 Å². The molecule has 2 N–H and O–H groups in total. The molecule has 132 valence electrons. The first-order valence-electron chi connectivity index (χ1n) is 7.47. The summed E-state index contributed by atoms with van der Waals surface area (Å²) in [5, 5.41) is 4.99. The summed E-state index contributed by atoms with van der Waals surface area (Å²) in [7, 11) is 1.46. The second kappa shape index (κ2) is 8.02. The SMILES string of the molecule is CNC(=O)CCC(C=O)N1C(=O)c2cccc(NC(=O)CBr)c2C1=O. The van der Waals surface area contributed by atoms with Crippen molar-refractivity contribution in [2.45, 2.75) is 18.9 Å². The van der Waals surface area contributed by atoms with Crippen molar-refractivity contribution in [3.05, 3.63) is 29.3 Å². The topological polar surface area (TPSA) is 113 Å². The number of aldehydes is 1. The van der Waals surface area contributed by atoms with Gasteiger partial charge in [-0.2, -0.15) is 0 Å². The summed E-state index contributed by atoms with van der Waals surface area (Å²) in [6.07, 6.45) is 0.500. The normalized spacial score (nSPS) is 14.1. The molecular weight excluding hydrogens is 394 g/mol. The molecule has 1 atom stereocenters. The van der Waals surface area contributed by atoms with Crippen molar-refractivity contribution in [2.24, 2.45) is 0 Å². The van der Waals surface area contributed by atoms with Crippen molar-refractivity contribution in [1.29, 1.82) is 0 Å². The minimum Gasteiger partial charge on any atom is -0.359 e. The number of alkyl halides is 1. The maximum absolute atomic E-state index is 12.7. The number of amides is 4. The highest BCUT2D eigenvalue weighted by Gasteiger charge is 2.41. The molecule has 0 radical (unpaired) electrons. The first kappa shape index (κ1) is 18.8. The van der Waals surface area contributed by atoms with Crippen molar-refractivity contribution < 1.29 is 24.0 Å². The van der Waals surface area contributed by atoms with Crippen LogP contribution in [-0.4, -0.2) is 53.2 Å². The zero-order valence-corrected chi connectivity index (χ0v) is 15.0. The van der Waals surface area contributed by atoms with Gasteiger partial charge in [0.2, 0.25) is 11.8 Å². The quantitative estimate of drug-likeness (QED) is 0.391. The lowest BCUT2D eigenvalue weighted by Crippen LogP contribution is -2.41. The highest BCUT2D eigenvalue weighted by molar-refractivity contribution is 9.09. The largest absolute Gasteiger partial charge is 0.359 e. The van der Waals surface area contributed by atoms with E-state index in [1.165, 1.54) is 25.2 Å². The predicted molar refractivity (Wildman–Crippen MR) is 92.5 cm³/mol. The van der Waals surface area contributed by atoms with Crippen molar-refractivity contribution in [1.82, 2.24) is 10.2 Å². The Hall–Kier alpha value is -2.55. The van der Waals surface area contributed by atoms with E-state index >= 15 is 0 Å². The molecule has 0 saturated carbocycles. The Labute approximate surface area is 152 Å². The van der Waals surface area contributed by atoms with Gasteiger partial charge in [-0.3, -0.25) is 24.1 Å². The van der Waals surface area contributed by atoms with Crippen molar-refractivity contribution in [2.75, 3.05) is 17.7 Å². The van der Waals surface area contributed by atoms with Crippen LogP contribution in [-0.2, 0) is 14.4 Å². The van der Waals surface area contributed by atoms with Gasteiger partial charge in [-0.25, -0.2) is 0 Å². The fourth-order valence-electron chi connectivity index (χ4n) is 2.55. The van der Waals surface area contributed by atoms with E-state index in [4.69, 9.17) is 0 Å². The number of rotatable bonds is 7. The summed E-state index contributed by atoms with van der Waals surface area (Å²) in [6.45, 7) is 0. The number of anilines is 1. The number of imide groups is 1. The minimum atomic E-state index is -1.05. The van der Waals surface area contributed by atoms with Gasteiger partial charge in [0.05, 0.1) is 28.2 Å². The molecule has 4 amide bonds. The number of benzene rings is 1. The van der Waals surface area contributed by atoms with E-state index in [-0.39, 0.29) is 46.8 Å². The van der Waals surface area contributed by atoms with Crippen LogP contribution >= 0.6 is 15.9 Å². The molecule has 1 aromatic rings. The third kappa shape index (κ3) is 3.76. The maximum atomic E-state index is 12.7. The first-order valence-corrected chi connectivity index (χ1v) is 8.59. The lowest BCUT2D eigenvalue weighted by Gasteiger charge is -2.21. The third-order valence-electron chi connectivity index (χ3n) is 3.78. The molecule has 0 fully saturated rings. The standard InChI is InChI=1S/C16H16BrN3O5/c1-18-12(22)6-5-9(8-21)20-15(24)10-3-2-4-11(14(10)16(20)25)19-13(23)7-17/h2-4,8-9H,5-7H2,1H3,(H,18,22)(H,19,23). The van der Waals surface area contributed by atoms with E-state index in [2.05, 4.69) is 26.6 Å². The van der Waals surface area contributed by atoms with Crippen LogP contribution in [0.2, 0.25) is 0 Å². The van der Waals surface area contributed by atoms with Gasteiger partial charge in [0, 0.05) is 13.5 Å². The number of carbonyl (C=O) groups excluding carboxylic acids is 5. The molecule has 25 heavy (non-hydrogen) atoms. The molecule has 8 nitrogen and oxygen atoms in total. The Balaban J connectivity index is 2.32. The minimum absolute atomic E-state index is 0.000488. The second-order valence-electron chi connectivity index (χ2n) is 5.31. The Kier molecular flexibility index (Phi) is 6.02. The summed E-state index contributed by atoms with van der Waals surface area (Å²) >= 11 is 3.01. The third-order valence-corrected chi connectivity index (χ3v) is 4.29. The first-order chi connectivity index (χ1) is 11.9. The van der Waals surface area contributed by atoms with Crippen molar-refractivity contribution in [3.63, 3.8) is 0 Å². The summed E-state index contributed by atoms with van der Waals surface area (Å²) < 4.78 is 0. The number of fused-ring (bicyclic) bond motifs is 1. The molecule has 0 saturated heterocycles. The van der Waals surface area contributed by atoms with Crippen LogP contribution in [0.1, 0.15) is 33.6 Å². The summed E-state index contributed by atoms with van der Waals surface area (Å²) in [4.78, 5) is 60.4. The molecule has 2 rings (SSSR count). The molecular formula is C16H16BrN3O5. The van der Waals surface area contributed by atoms with Gasteiger partial charge in [-0.05, 0) is 18.6 Å². The molecule has 0 spiro atoms. The van der Waals surface area contributed by atoms with Crippen LogP contribution in [0, 0.1) is 0 Å². The Morgan fingerprint density at radius 3 is 2.56 bits per heavy atom. The van der Waals surface area contributed by atoms with Gasteiger partial charge >= 0.3 is 0 Å². The highest BCUT2D eigenvalue weighted by Crippen LogP contribution is 2.31. The summed E-state index contributed by atoms with van der Waals surface area (Å²) in [6, 6.07) is 3.45. The van der Waals surface area contributed by atoms with Crippen LogP contribution in [0.5, 0.6) is 0 Å². The molecule has 0 bridgehead atoms. The Morgan fingerprint density at radius 1 is 1.24 bits per heavy atom. The second-order valence-corrected chi connectivity index (χ2v) is 5.87. The molecule has 1 heterocycles. The van der Waals surface area contributed by atoms with E-state index in [9.17, 15) is 24.0 Å². The maximum Gasteiger partial charge on any atom is 0.264 e. The van der Waals surface area contributed by atoms with Crippen molar-refractivity contribution >= 4 is 51.5 Å². The number of nitrogens with one attached hydrogen (secondary N) is 2. The van der Waals surface area contributed by atoms with Gasteiger partial charge in [-0.15, -0.1) is 0 Å². The zero-order valence-electron chi connectivity index (χ0n) is 13.4. The number of carbonyl (C=O) groups is 5. The molecule has 0 aromatic heterocycles. The molecule has 1 aromatic carbocycles. The Morgan fingerprint density at radius 2 is 1.96 bits per heavy atom. The fourth-order valence-corrected chi connectivity index (χ4v) is 2.69. The van der Waals surface area contributed by atoms with E-state index < -0.39 is 17.9 Å². The molecule has 1 unspecified atom stereocenters. The van der Waals surface area contributed by atoms with Crippen LogP contribution in [0.25, 0.3) is 0 Å². The fraction of sp³-hybridized carbons (Fsp3) is 0.312. The lowest BCUT2D eigenvalue weighted by atomic mass is 10.1. The van der Waals surface area contributed by atoms with E-state index in [0.29, 0.717) is 6.29 Å². The van der Waals surface area contributed by atoms with Crippen LogP contribution in [0.4, 0.5) is 5.69 Å². The lowest BCUT2D eigenvalue weighted by molar-refractivity contribution is -0.121. The molecule has 1 aliphatic heterocycles. The smallest absolute Gasteiger partial charge is 0.264 e. The molecule has 1 aliphatic rings. The van der Waals surface area contributed by atoms with E-state index in [1.807, 2.05) is 0 Å². The van der Waals surface area contributed by atoms with Crippen LogP contribution in [0.15, 0.2) is 18.2 Å². The molecule has 0 aliphatic carbocycles. The predicted octanol–water partition coefficient (Wildman–Crippen LogP) is 0.710. The average Bonchev–Trinajstić information content (AvgIpc) is 2.87. The summed E-state index contributed by atoms with van der Waals surface area (Å²) in [5.41, 5.74) is 0.372. The average molecular weight is 410 g/mol. The number of halogens is 1. The van der Waals surface area contributed by atoms with Crippen molar-refractivity contribution in [3.8, 4) is 0 Å². The van der Waals surface area contributed by atoms with Gasteiger partial charge in [-0.1, -0.05) is 22.0 Å². The number of hydrogen-bond acceptors (Lipinski definition) is 5. The summed E-state index contributed by atoms with van der Waals surface area (Å²) in [5.74, 6) is -1.96. The number of nitrogens with zero attached hydrogens (tertiary/aromatic N) is 1. The Bertz CT molecular complexity index is 749. The monoisotopic (exact) mass is 409 g/mol. The van der Waals surface area contributed by atoms with Gasteiger partial charge in [0.15, 0.2) is 0 Å². The van der Waals surface area contributed by atoms with Crippen LogP contribution in [0.3, 0.4) is 0 Å². The van der Waals surface area contributed by atoms with Gasteiger partial charge in [0.1, 0.15) is 6.29 Å². The van der Waals surface area contributed by atoms with E-state index in [0.717, 1.165) is 4.90 Å². The zero-order chi connectivity index (χ0) is 18.6. The van der Waals surface area contributed by atoms with E-state index in [1.54, 1.807) is 0 Å². The van der Waals surface area contributed by atoms with Crippen LogP contribution < -0.4 is 10.6 Å². The highest BCUT2D eigenvalue weighted by atomic mass is 79.9.